The van der Waals surface area contributed by atoms with Gasteiger partial charge in [0, 0.05) is 17.2 Å². The first kappa shape index (κ1) is 16.1. The highest BCUT2D eigenvalue weighted by molar-refractivity contribution is 8.06. The summed E-state index contributed by atoms with van der Waals surface area (Å²) in [5, 5.41) is 12.7. The highest BCUT2D eigenvalue weighted by atomic mass is 32.2. The Bertz CT molecular complexity index is 649. The average Bonchev–Trinajstić information content (AvgIpc) is 2.35. The third-order valence-corrected chi connectivity index (χ3v) is 4.01. The first-order valence-corrected chi connectivity index (χ1v) is 8.09. The highest BCUT2D eigenvalue weighted by Crippen LogP contribution is 2.16. The molecule has 0 saturated carbocycles. The summed E-state index contributed by atoms with van der Waals surface area (Å²) in [6, 6.07) is 5.66. The van der Waals surface area contributed by atoms with E-state index in [4.69, 9.17) is 10.8 Å². The van der Waals surface area contributed by atoms with Crippen molar-refractivity contribution >= 4 is 27.5 Å². The molecule has 1 amide bonds. The fourth-order valence-electron chi connectivity index (χ4n) is 1.06. The number of phenolic OH excluding ortho intramolecular Hbond substituents is 1. The average molecular weight is 314 g/mol. The summed E-state index contributed by atoms with van der Waals surface area (Å²) in [5.74, 6) is -0.368. The van der Waals surface area contributed by atoms with Crippen molar-refractivity contribution in [1.82, 2.24) is 5.32 Å². The Kier molecular flexibility index (Phi) is 5.23. The van der Waals surface area contributed by atoms with E-state index in [2.05, 4.69) is 11.9 Å². The van der Waals surface area contributed by atoms with Crippen LogP contribution < -0.4 is 11.1 Å². The predicted molar refractivity (Wildman–Crippen MR) is 79.4 cm³/mol. The summed E-state index contributed by atoms with van der Waals surface area (Å²) in [6.45, 7) is 3.58. The van der Waals surface area contributed by atoms with E-state index < -0.39 is 15.7 Å². The predicted octanol–water partition coefficient (Wildman–Crippen LogP) is 1.13. The smallest absolute Gasteiger partial charge is 0.256 e. The van der Waals surface area contributed by atoms with Gasteiger partial charge in [-0.15, -0.1) is 0 Å². The molecular formula is C12H14N2O4S2. The van der Waals surface area contributed by atoms with Gasteiger partial charge in [0.2, 0.25) is 0 Å². The molecule has 0 aliphatic heterocycles. The van der Waals surface area contributed by atoms with Crippen LogP contribution in [0.15, 0.2) is 46.3 Å². The Morgan fingerprint density at radius 2 is 1.95 bits per heavy atom. The second kappa shape index (κ2) is 6.49. The van der Waals surface area contributed by atoms with E-state index in [1.54, 1.807) is 0 Å². The van der Waals surface area contributed by atoms with Gasteiger partial charge in [0.05, 0.1) is 5.03 Å². The van der Waals surface area contributed by atoms with Gasteiger partial charge in [-0.1, -0.05) is 18.3 Å². The number of hydrogen-bond acceptors (Lipinski definition) is 6. The Morgan fingerprint density at radius 3 is 2.45 bits per heavy atom. The molecule has 1 rings (SSSR count). The van der Waals surface area contributed by atoms with Crippen LogP contribution >= 0.6 is 11.8 Å². The lowest BCUT2D eigenvalue weighted by Crippen LogP contribution is -2.20. The fraction of sp³-hybridized carbons (Fsp3) is 0.0833. The van der Waals surface area contributed by atoms with Gasteiger partial charge in [0.1, 0.15) is 10.8 Å². The summed E-state index contributed by atoms with van der Waals surface area (Å²) in [6.07, 6.45) is 0.983. The number of amides is 1. The van der Waals surface area contributed by atoms with Crippen LogP contribution in [-0.2, 0) is 9.84 Å². The van der Waals surface area contributed by atoms with E-state index in [-0.39, 0.29) is 15.8 Å². The van der Waals surface area contributed by atoms with Crippen LogP contribution in [0, 0.1) is 0 Å². The largest absolute Gasteiger partial charge is 0.508 e. The minimum absolute atomic E-state index is 0.0543. The fourth-order valence-corrected chi connectivity index (χ4v) is 2.31. The van der Waals surface area contributed by atoms with Gasteiger partial charge < -0.3 is 16.2 Å². The minimum Gasteiger partial charge on any atom is -0.508 e. The number of hydrogen-bond donors (Lipinski definition) is 3. The lowest BCUT2D eigenvalue weighted by molar-refractivity contribution is 0.0969. The van der Waals surface area contributed by atoms with Gasteiger partial charge in [-0.3, -0.25) is 4.79 Å². The van der Waals surface area contributed by atoms with Crippen LogP contribution in [0.25, 0.3) is 0 Å². The van der Waals surface area contributed by atoms with Gasteiger partial charge in [0.15, 0.2) is 9.84 Å². The Balaban J connectivity index is 2.63. The number of carbonyl (C=O) groups is 1. The molecule has 0 bridgehead atoms. The molecule has 1 aromatic rings. The van der Waals surface area contributed by atoms with Crippen LogP contribution in [0.1, 0.15) is 10.4 Å². The molecular weight excluding hydrogens is 300 g/mol. The van der Waals surface area contributed by atoms with Crippen LogP contribution in [0.5, 0.6) is 5.75 Å². The van der Waals surface area contributed by atoms with Crippen molar-refractivity contribution in [2.45, 2.75) is 0 Å². The topological polar surface area (TPSA) is 109 Å². The quantitative estimate of drug-likeness (QED) is 0.751. The Labute approximate surface area is 121 Å². The van der Waals surface area contributed by atoms with Crippen molar-refractivity contribution in [2.24, 2.45) is 5.73 Å². The van der Waals surface area contributed by atoms with Crippen LogP contribution in [0.2, 0.25) is 0 Å². The maximum atomic E-state index is 11.8. The van der Waals surface area contributed by atoms with Gasteiger partial charge in [-0.25, -0.2) is 8.42 Å². The van der Waals surface area contributed by atoms with Crippen LogP contribution in [-0.4, -0.2) is 25.7 Å². The second-order valence-corrected chi connectivity index (χ2v) is 6.81. The monoisotopic (exact) mass is 314 g/mol. The number of carbonyl (C=O) groups excluding carboxylic acids is 1. The minimum atomic E-state index is -3.45. The Morgan fingerprint density at radius 1 is 1.40 bits per heavy atom. The third-order valence-electron chi connectivity index (χ3n) is 2.13. The summed E-state index contributed by atoms with van der Waals surface area (Å²) >= 11 is 0.896. The second-order valence-electron chi connectivity index (χ2n) is 3.83. The maximum absolute atomic E-state index is 11.8. The first-order chi connectivity index (χ1) is 9.20. The number of nitrogens with one attached hydrogen (secondary N) is 1. The maximum Gasteiger partial charge on any atom is 0.256 e. The summed E-state index contributed by atoms with van der Waals surface area (Å²) in [5.41, 5.74) is 5.67. The van der Waals surface area contributed by atoms with E-state index in [1.165, 1.54) is 29.7 Å². The molecule has 0 heterocycles. The number of sulfone groups is 1. The van der Waals surface area contributed by atoms with E-state index in [0.717, 1.165) is 18.0 Å². The van der Waals surface area contributed by atoms with Crippen LogP contribution in [0.4, 0.5) is 0 Å². The molecule has 0 fully saturated rings. The van der Waals surface area contributed by atoms with Gasteiger partial charge in [0.25, 0.3) is 5.91 Å². The van der Waals surface area contributed by atoms with Gasteiger partial charge in [-0.2, -0.15) is 0 Å². The number of phenols is 1. The molecule has 0 spiro atoms. The van der Waals surface area contributed by atoms with E-state index >= 15 is 0 Å². The lowest BCUT2D eigenvalue weighted by atomic mass is 10.2. The van der Waals surface area contributed by atoms with Crippen molar-refractivity contribution in [3.8, 4) is 5.75 Å². The first-order valence-electron chi connectivity index (χ1n) is 5.32. The molecule has 0 radical (unpaired) electrons. The molecule has 6 nitrogen and oxygen atoms in total. The molecule has 1 aromatic carbocycles. The highest BCUT2D eigenvalue weighted by Gasteiger charge is 2.09. The molecule has 4 N–H and O–H groups in total. The standard InChI is InChI=1S/C12H14N2O4S2/c1-8(19-7-11(13)20(2,17)18)14-12(16)9-3-5-10(15)6-4-9/h3-7,15H,1,13H2,2H3,(H,14,16)/b11-7+. The molecule has 0 atom stereocenters. The number of rotatable bonds is 5. The third kappa shape index (κ3) is 4.98. The van der Waals surface area contributed by atoms with Crippen molar-refractivity contribution in [3.05, 3.63) is 51.9 Å². The van der Waals surface area contributed by atoms with Crippen molar-refractivity contribution in [1.29, 1.82) is 0 Å². The Hall–Kier alpha value is -1.93. The van der Waals surface area contributed by atoms with Crippen molar-refractivity contribution < 1.29 is 18.3 Å². The number of benzene rings is 1. The summed E-state index contributed by atoms with van der Waals surface area (Å²) < 4.78 is 22.1. The number of thioether (sulfide) groups is 1. The van der Waals surface area contributed by atoms with E-state index in [0.29, 0.717) is 5.56 Å². The normalized spacial score (nSPS) is 11.9. The number of aromatic hydroxyl groups is 1. The van der Waals surface area contributed by atoms with Gasteiger partial charge >= 0.3 is 0 Å². The van der Waals surface area contributed by atoms with Gasteiger partial charge in [-0.05, 0) is 24.3 Å². The van der Waals surface area contributed by atoms with Crippen LogP contribution in [0.3, 0.4) is 0 Å². The molecule has 0 saturated heterocycles. The molecule has 20 heavy (non-hydrogen) atoms. The molecule has 0 aliphatic carbocycles. The molecule has 108 valence electrons. The molecule has 0 aliphatic rings. The zero-order chi connectivity index (χ0) is 15.3. The summed E-state index contributed by atoms with van der Waals surface area (Å²) in [7, 11) is -3.45. The molecule has 0 aromatic heterocycles. The zero-order valence-corrected chi connectivity index (χ0v) is 12.3. The SMILES string of the molecule is C=C(NC(=O)c1ccc(O)cc1)S/C=C(\N)S(C)(=O)=O. The van der Waals surface area contributed by atoms with E-state index in [1.807, 2.05) is 0 Å². The number of nitrogens with two attached hydrogens (primary N) is 1. The molecule has 0 unspecified atom stereocenters. The van der Waals surface area contributed by atoms with E-state index in [9.17, 15) is 13.2 Å². The lowest BCUT2D eigenvalue weighted by Gasteiger charge is -2.06. The van der Waals surface area contributed by atoms with Crippen molar-refractivity contribution in [3.63, 3.8) is 0 Å². The zero-order valence-electron chi connectivity index (χ0n) is 10.7. The molecule has 8 heteroatoms. The summed E-state index contributed by atoms with van der Waals surface area (Å²) in [4.78, 5) is 11.8. The van der Waals surface area contributed by atoms with Crippen molar-refractivity contribution in [2.75, 3.05) is 6.26 Å².